The Balaban J connectivity index is 1.39. The van der Waals surface area contributed by atoms with Crippen molar-refractivity contribution in [3.05, 3.63) is 102 Å². The van der Waals surface area contributed by atoms with Crippen LogP contribution in [0.2, 0.25) is 0 Å². The molecule has 3 heteroatoms. The van der Waals surface area contributed by atoms with Crippen LogP contribution in [0.3, 0.4) is 0 Å². The van der Waals surface area contributed by atoms with E-state index < -0.39 is 0 Å². The molecule has 2 heterocycles. The standard InChI is InChI=1S/C32H37NO2/c1-33(20-10-13-24-11-3-2-4-12-24)26-14-9-15-27(33)22-25(21-26)23-30(28-16-5-7-18-31(28)34)29-17-6-8-19-32(29)35/h2-8,11-12,16-19,23,25-27H,9-10,13-15,20-22H2,1H3,(H-,34,35)/p+1/t25?,26-,27+,33?. The van der Waals surface area contributed by atoms with Crippen LogP contribution in [0.1, 0.15) is 55.2 Å². The Kier molecular flexibility index (Phi) is 6.97. The van der Waals surface area contributed by atoms with E-state index in [0.29, 0.717) is 18.0 Å². The van der Waals surface area contributed by atoms with Crippen LogP contribution >= 0.6 is 0 Å². The van der Waals surface area contributed by atoms with Crippen LogP contribution in [0.15, 0.2) is 84.9 Å². The molecule has 35 heavy (non-hydrogen) atoms. The minimum absolute atomic E-state index is 0.263. The normalized spacial score (nSPS) is 25.7. The van der Waals surface area contributed by atoms with Crippen molar-refractivity contribution >= 4 is 5.57 Å². The van der Waals surface area contributed by atoms with Gasteiger partial charge in [0.2, 0.25) is 0 Å². The van der Waals surface area contributed by atoms with Gasteiger partial charge in [0.1, 0.15) is 11.5 Å². The first kappa shape index (κ1) is 23.7. The number of benzene rings is 3. The topological polar surface area (TPSA) is 40.5 Å². The molecule has 182 valence electrons. The first-order valence-electron chi connectivity index (χ1n) is 13.2. The van der Waals surface area contributed by atoms with Gasteiger partial charge in [-0.25, -0.2) is 0 Å². The van der Waals surface area contributed by atoms with E-state index in [2.05, 4.69) is 43.5 Å². The van der Waals surface area contributed by atoms with E-state index in [1.165, 1.54) is 55.1 Å². The van der Waals surface area contributed by atoms with E-state index in [1.54, 1.807) is 12.1 Å². The van der Waals surface area contributed by atoms with Crippen LogP contribution in [0.5, 0.6) is 11.5 Å². The van der Waals surface area contributed by atoms with Crippen LogP contribution in [0.4, 0.5) is 0 Å². The zero-order chi connectivity index (χ0) is 24.3. The van der Waals surface area contributed by atoms with Gasteiger partial charge < -0.3 is 14.7 Å². The molecule has 2 N–H and O–H groups in total. The summed E-state index contributed by atoms with van der Waals surface area (Å²) in [6, 6.07) is 27.2. The minimum atomic E-state index is 0.263. The van der Waals surface area contributed by atoms with Gasteiger partial charge >= 0.3 is 0 Å². The van der Waals surface area contributed by atoms with Crippen molar-refractivity contribution < 1.29 is 14.7 Å². The van der Waals surface area contributed by atoms with Gasteiger partial charge in [0.25, 0.3) is 0 Å². The Morgan fingerprint density at radius 3 is 1.91 bits per heavy atom. The number of piperidine rings is 2. The SMILES string of the molecule is C[N+]1(CCCc2ccccc2)[C@@H]2CCC[C@H]1CC(C=C(c1ccccc1O)c1ccccc1O)C2. The average molecular weight is 469 g/mol. The Hall–Kier alpha value is -3.04. The zero-order valence-electron chi connectivity index (χ0n) is 20.8. The second-order valence-electron chi connectivity index (χ2n) is 10.7. The molecular formula is C32H38NO2+. The highest BCUT2D eigenvalue weighted by molar-refractivity contribution is 5.85. The minimum Gasteiger partial charge on any atom is -0.507 e. The number of hydrogen-bond acceptors (Lipinski definition) is 2. The molecular weight excluding hydrogens is 430 g/mol. The van der Waals surface area contributed by atoms with E-state index >= 15 is 0 Å². The molecule has 0 aromatic heterocycles. The Bertz CT molecular complexity index is 1110. The van der Waals surface area contributed by atoms with Gasteiger partial charge in [0.05, 0.1) is 25.7 Å². The number of aryl methyl sites for hydroxylation is 1. The summed E-state index contributed by atoms with van der Waals surface area (Å²) in [7, 11) is 2.51. The van der Waals surface area contributed by atoms with Crippen LogP contribution in [0, 0.1) is 5.92 Å². The first-order chi connectivity index (χ1) is 17.0. The van der Waals surface area contributed by atoms with Crippen LogP contribution < -0.4 is 0 Å². The number of fused-ring (bicyclic) bond motifs is 2. The summed E-state index contributed by atoms with van der Waals surface area (Å²) in [5.74, 6) is 0.971. The third kappa shape index (κ3) is 5.01. The maximum Gasteiger partial charge on any atom is 0.123 e. The highest BCUT2D eigenvalue weighted by Gasteiger charge is 2.47. The van der Waals surface area contributed by atoms with Crippen LogP contribution in [-0.4, -0.2) is 40.4 Å². The molecule has 0 radical (unpaired) electrons. The predicted octanol–water partition coefficient (Wildman–Crippen LogP) is 6.94. The number of phenols is 2. The molecule has 3 nitrogen and oxygen atoms in total. The summed E-state index contributed by atoms with van der Waals surface area (Å²) in [4.78, 5) is 0. The summed E-state index contributed by atoms with van der Waals surface area (Å²) in [6.45, 7) is 1.24. The molecule has 2 bridgehead atoms. The van der Waals surface area contributed by atoms with E-state index in [0.717, 1.165) is 23.1 Å². The summed E-state index contributed by atoms with van der Waals surface area (Å²) >= 11 is 0. The number of para-hydroxylation sites is 2. The van der Waals surface area contributed by atoms with Crippen LogP contribution in [0.25, 0.3) is 5.57 Å². The number of quaternary nitrogens is 1. The number of rotatable bonds is 7. The highest BCUT2D eigenvalue weighted by Crippen LogP contribution is 2.44. The molecule has 2 aliphatic rings. The summed E-state index contributed by atoms with van der Waals surface area (Å²) in [5.41, 5.74) is 3.98. The van der Waals surface area contributed by atoms with Gasteiger partial charge in [-0.15, -0.1) is 0 Å². The van der Waals surface area contributed by atoms with E-state index in [-0.39, 0.29) is 11.5 Å². The lowest BCUT2D eigenvalue weighted by molar-refractivity contribution is -0.967. The van der Waals surface area contributed by atoms with E-state index in [4.69, 9.17) is 0 Å². The summed E-state index contributed by atoms with van der Waals surface area (Å²) in [6.07, 6.45) is 11.0. The van der Waals surface area contributed by atoms with E-state index in [9.17, 15) is 10.2 Å². The molecule has 0 aliphatic carbocycles. The predicted molar refractivity (Wildman–Crippen MR) is 143 cm³/mol. The molecule has 0 spiro atoms. The quantitative estimate of drug-likeness (QED) is 0.369. The smallest absolute Gasteiger partial charge is 0.123 e. The fourth-order valence-electron chi connectivity index (χ4n) is 6.72. The van der Waals surface area contributed by atoms with Gasteiger partial charge in [-0.2, -0.15) is 0 Å². The summed E-state index contributed by atoms with van der Waals surface area (Å²) in [5, 5.41) is 21.3. The molecule has 2 saturated heterocycles. The van der Waals surface area contributed by atoms with Gasteiger partial charge in [0.15, 0.2) is 0 Å². The fourth-order valence-corrected chi connectivity index (χ4v) is 6.72. The third-order valence-corrected chi connectivity index (χ3v) is 8.63. The molecule has 3 aromatic rings. The van der Waals surface area contributed by atoms with Gasteiger partial charge in [-0.1, -0.05) is 72.8 Å². The molecule has 3 aromatic carbocycles. The lowest BCUT2D eigenvalue weighted by atomic mass is 9.75. The molecule has 2 aliphatic heterocycles. The third-order valence-electron chi connectivity index (χ3n) is 8.63. The zero-order valence-corrected chi connectivity index (χ0v) is 20.8. The van der Waals surface area contributed by atoms with Crippen molar-refractivity contribution in [3.63, 3.8) is 0 Å². The van der Waals surface area contributed by atoms with Crippen molar-refractivity contribution in [3.8, 4) is 11.5 Å². The number of hydrogen-bond donors (Lipinski definition) is 2. The second kappa shape index (κ2) is 10.3. The number of nitrogens with zero attached hydrogens (tertiary/aromatic N) is 1. The molecule has 5 rings (SSSR count). The monoisotopic (exact) mass is 468 g/mol. The second-order valence-corrected chi connectivity index (χ2v) is 10.7. The lowest BCUT2D eigenvalue weighted by Crippen LogP contribution is -2.64. The Labute approximate surface area is 210 Å². The van der Waals surface area contributed by atoms with Crippen molar-refractivity contribution in [2.24, 2.45) is 5.92 Å². The number of allylic oxidation sites excluding steroid dienone is 1. The number of aromatic hydroxyl groups is 2. The first-order valence-corrected chi connectivity index (χ1v) is 13.2. The molecule has 4 atom stereocenters. The van der Waals surface area contributed by atoms with Crippen molar-refractivity contribution in [2.75, 3.05) is 13.6 Å². The van der Waals surface area contributed by atoms with Crippen molar-refractivity contribution in [1.29, 1.82) is 0 Å². The molecule has 2 fully saturated rings. The van der Waals surface area contributed by atoms with Gasteiger partial charge in [-0.05, 0) is 54.9 Å². The Morgan fingerprint density at radius 1 is 0.800 bits per heavy atom. The highest BCUT2D eigenvalue weighted by atomic mass is 16.3. The maximum atomic E-state index is 10.7. The fraction of sp³-hybridized carbons (Fsp3) is 0.375. The average Bonchev–Trinajstić information content (AvgIpc) is 2.85. The molecule has 0 amide bonds. The largest absolute Gasteiger partial charge is 0.507 e. The lowest BCUT2D eigenvalue weighted by Gasteiger charge is -2.55. The maximum absolute atomic E-state index is 10.7. The van der Waals surface area contributed by atoms with Crippen LogP contribution in [-0.2, 0) is 6.42 Å². The molecule has 2 unspecified atom stereocenters. The number of phenolic OH excluding ortho intramolecular Hbond substituents is 2. The van der Waals surface area contributed by atoms with Gasteiger partial charge in [0, 0.05) is 30.4 Å². The molecule has 0 saturated carbocycles. The van der Waals surface area contributed by atoms with Crippen molar-refractivity contribution in [2.45, 2.75) is 57.0 Å². The van der Waals surface area contributed by atoms with Crippen molar-refractivity contribution in [1.82, 2.24) is 0 Å². The Morgan fingerprint density at radius 2 is 1.34 bits per heavy atom. The van der Waals surface area contributed by atoms with Gasteiger partial charge in [-0.3, -0.25) is 0 Å². The summed E-state index contributed by atoms with van der Waals surface area (Å²) < 4.78 is 1.21. The van der Waals surface area contributed by atoms with E-state index in [1.807, 2.05) is 36.4 Å².